The maximum Gasteiger partial charge on any atom is 0.274 e. The highest BCUT2D eigenvalue weighted by Gasteiger charge is 2.48. The molecule has 2 fully saturated rings. The van der Waals surface area contributed by atoms with Crippen molar-refractivity contribution in [3.8, 4) is 0 Å². The number of carbonyl (C=O) groups is 2. The van der Waals surface area contributed by atoms with Gasteiger partial charge in [0.1, 0.15) is 16.9 Å². The molecule has 26 heavy (non-hydrogen) atoms. The minimum Gasteiger partial charge on any atom is -0.378 e. The molecule has 0 aromatic carbocycles. The molecule has 0 unspecified atom stereocenters. The molecule has 2 aromatic rings. The van der Waals surface area contributed by atoms with E-state index in [0.29, 0.717) is 45.0 Å². The maximum absolute atomic E-state index is 13.2. The summed E-state index contributed by atoms with van der Waals surface area (Å²) in [5, 5.41) is 0. The second-order valence-electron chi connectivity index (χ2n) is 7.29. The van der Waals surface area contributed by atoms with E-state index < -0.39 is 5.54 Å². The van der Waals surface area contributed by atoms with Crippen molar-refractivity contribution in [2.45, 2.75) is 32.2 Å². The number of imidazole rings is 1. The van der Waals surface area contributed by atoms with Crippen LogP contribution in [0.25, 0.3) is 5.65 Å². The second-order valence-corrected chi connectivity index (χ2v) is 7.29. The van der Waals surface area contributed by atoms with Crippen LogP contribution in [0.5, 0.6) is 0 Å². The number of aromatic nitrogens is 2. The van der Waals surface area contributed by atoms with Gasteiger partial charge in [0.25, 0.3) is 5.91 Å². The highest BCUT2D eigenvalue weighted by Crippen LogP contribution is 2.32. The first kappa shape index (κ1) is 17.0. The Kier molecular flexibility index (Phi) is 4.19. The standard InChI is InChI=1S/C19H24N4O3/c1-14-5-3-7-22-13-15(20-16(14)22)17(24)23-8-4-6-19(23,2)18(25)21-9-11-26-12-10-21/h3,5,7,13H,4,6,8-12H2,1-2H3/t19-/m1/s1. The van der Waals surface area contributed by atoms with Crippen molar-refractivity contribution in [2.24, 2.45) is 0 Å². The van der Waals surface area contributed by atoms with Gasteiger partial charge in [-0.3, -0.25) is 9.59 Å². The van der Waals surface area contributed by atoms with Gasteiger partial charge in [-0.2, -0.15) is 0 Å². The summed E-state index contributed by atoms with van der Waals surface area (Å²) < 4.78 is 7.21. The highest BCUT2D eigenvalue weighted by molar-refractivity contribution is 5.98. The van der Waals surface area contributed by atoms with Crippen LogP contribution in [-0.2, 0) is 9.53 Å². The first-order chi connectivity index (χ1) is 12.5. The van der Waals surface area contributed by atoms with Crippen molar-refractivity contribution in [1.82, 2.24) is 19.2 Å². The van der Waals surface area contributed by atoms with Crippen LogP contribution in [0.15, 0.2) is 24.5 Å². The van der Waals surface area contributed by atoms with Crippen LogP contribution >= 0.6 is 0 Å². The molecule has 0 aliphatic carbocycles. The zero-order valence-electron chi connectivity index (χ0n) is 15.3. The number of hydrogen-bond acceptors (Lipinski definition) is 4. The number of likely N-dealkylation sites (tertiary alicyclic amines) is 1. The fraction of sp³-hybridized carbons (Fsp3) is 0.526. The monoisotopic (exact) mass is 356 g/mol. The Hall–Kier alpha value is -2.41. The summed E-state index contributed by atoms with van der Waals surface area (Å²) in [6.07, 6.45) is 5.14. The number of pyridine rings is 1. The van der Waals surface area contributed by atoms with Gasteiger partial charge in [0, 0.05) is 32.0 Å². The lowest BCUT2D eigenvalue weighted by atomic mass is 9.96. The van der Waals surface area contributed by atoms with Crippen LogP contribution < -0.4 is 0 Å². The van der Waals surface area contributed by atoms with E-state index in [2.05, 4.69) is 4.98 Å². The Morgan fingerprint density at radius 2 is 2.00 bits per heavy atom. The largest absolute Gasteiger partial charge is 0.378 e. The summed E-state index contributed by atoms with van der Waals surface area (Å²) in [6, 6.07) is 3.90. The quantitative estimate of drug-likeness (QED) is 0.818. The summed E-state index contributed by atoms with van der Waals surface area (Å²) >= 11 is 0. The van der Waals surface area contributed by atoms with E-state index in [0.717, 1.165) is 17.6 Å². The van der Waals surface area contributed by atoms with Gasteiger partial charge in [-0.15, -0.1) is 0 Å². The Morgan fingerprint density at radius 3 is 2.73 bits per heavy atom. The molecule has 0 radical (unpaired) electrons. The number of carbonyl (C=O) groups excluding carboxylic acids is 2. The van der Waals surface area contributed by atoms with Gasteiger partial charge in [0.2, 0.25) is 5.91 Å². The van der Waals surface area contributed by atoms with Gasteiger partial charge >= 0.3 is 0 Å². The smallest absolute Gasteiger partial charge is 0.274 e. The fourth-order valence-electron chi connectivity index (χ4n) is 4.01. The van der Waals surface area contributed by atoms with Crippen molar-refractivity contribution in [3.63, 3.8) is 0 Å². The first-order valence-corrected chi connectivity index (χ1v) is 9.14. The molecule has 1 atom stereocenters. The lowest BCUT2D eigenvalue weighted by Gasteiger charge is -2.39. The van der Waals surface area contributed by atoms with E-state index in [-0.39, 0.29) is 11.8 Å². The molecule has 0 saturated carbocycles. The van der Waals surface area contributed by atoms with E-state index in [9.17, 15) is 9.59 Å². The van der Waals surface area contributed by atoms with Crippen molar-refractivity contribution >= 4 is 17.5 Å². The molecule has 2 aromatic heterocycles. The summed E-state index contributed by atoms with van der Waals surface area (Å²) in [5.74, 6) is -0.152. The lowest BCUT2D eigenvalue weighted by molar-refractivity contribution is -0.144. The Morgan fingerprint density at radius 1 is 1.23 bits per heavy atom. The molecule has 4 rings (SSSR count). The van der Waals surface area contributed by atoms with Crippen LogP contribution in [0.3, 0.4) is 0 Å². The van der Waals surface area contributed by atoms with E-state index >= 15 is 0 Å². The lowest BCUT2D eigenvalue weighted by Crippen LogP contribution is -2.58. The number of amides is 2. The maximum atomic E-state index is 13.2. The number of fused-ring (bicyclic) bond motifs is 1. The van der Waals surface area contributed by atoms with E-state index in [1.807, 2.05) is 41.5 Å². The summed E-state index contributed by atoms with van der Waals surface area (Å²) in [7, 11) is 0. The third-order valence-electron chi connectivity index (χ3n) is 5.54. The predicted molar refractivity (Wildman–Crippen MR) is 96.0 cm³/mol. The van der Waals surface area contributed by atoms with Crippen LogP contribution in [0, 0.1) is 6.92 Å². The van der Waals surface area contributed by atoms with Crippen molar-refractivity contribution in [3.05, 3.63) is 35.8 Å². The zero-order chi connectivity index (χ0) is 18.3. The molecule has 2 aliphatic heterocycles. The Balaban J connectivity index is 1.63. The molecular formula is C19H24N4O3. The van der Waals surface area contributed by atoms with Gasteiger partial charge < -0.3 is 18.9 Å². The molecule has 2 saturated heterocycles. The van der Waals surface area contributed by atoms with Crippen molar-refractivity contribution in [1.29, 1.82) is 0 Å². The predicted octanol–water partition coefficient (Wildman–Crippen LogP) is 1.50. The first-order valence-electron chi connectivity index (χ1n) is 9.14. The number of nitrogens with zero attached hydrogens (tertiary/aromatic N) is 4. The SMILES string of the molecule is Cc1cccn2cc(C(=O)N3CCC[C@]3(C)C(=O)N3CCOCC3)nc12. The number of rotatable bonds is 2. The van der Waals surface area contributed by atoms with Gasteiger partial charge in [-0.1, -0.05) is 6.07 Å². The van der Waals surface area contributed by atoms with E-state index in [1.165, 1.54) is 0 Å². The molecule has 138 valence electrons. The number of hydrogen-bond donors (Lipinski definition) is 0. The normalized spacial score (nSPS) is 23.6. The molecule has 2 aliphatic rings. The molecule has 7 heteroatoms. The molecule has 7 nitrogen and oxygen atoms in total. The average molecular weight is 356 g/mol. The van der Waals surface area contributed by atoms with Crippen molar-refractivity contribution in [2.75, 3.05) is 32.8 Å². The number of ether oxygens (including phenoxy) is 1. The van der Waals surface area contributed by atoms with E-state index in [1.54, 1.807) is 11.1 Å². The van der Waals surface area contributed by atoms with Gasteiger partial charge in [0.15, 0.2) is 0 Å². The molecule has 4 heterocycles. The molecule has 0 bridgehead atoms. The second kappa shape index (κ2) is 6.39. The fourth-order valence-corrected chi connectivity index (χ4v) is 4.01. The van der Waals surface area contributed by atoms with Crippen LogP contribution in [-0.4, -0.2) is 69.4 Å². The van der Waals surface area contributed by atoms with Crippen LogP contribution in [0.4, 0.5) is 0 Å². The Bertz CT molecular complexity index is 856. The van der Waals surface area contributed by atoms with Gasteiger partial charge in [0.05, 0.1) is 13.2 Å². The summed E-state index contributed by atoms with van der Waals surface area (Å²) in [5.41, 5.74) is 1.37. The van der Waals surface area contributed by atoms with E-state index in [4.69, 9.17) is 4.74 Å². The summed E-state index contributed by atoms with van der Waals surface area (Å²) in [6.45, 7) is 6.73. The third-order valence-corrected chi connectivity index (χ3v) is 5.54. The summed E-state index contributed by atoms with van der Waals surface area (Å²) in [4.78, 5) is 34.4. The average Bonchev–Trinajstić information content (AvgIpc) is 3.27. The van der Waals surface area contributed by atoms with Gasteiger partial charge in [-0.25, -0.2) is 4.98 Å². The van der Waals surface area contributed by atoms with Crippen molar-refractivity contribution < 1.29 is 14.3 Å². The minimum absolute atomic E-state index is 0.0200. The third kappa shape index (κ3) is 2.67. The minimum atomic E-state index is -0.806. The van der Waals surface area contributed by atoms with Crippen LogP contribution in [0.1, 0.15) is 35.8 Å². The highest BCUT2D eigenvalue weighted by atomic mass is 16.5. The van der Waals surface area contributed by atoms with Gasteiger partial charge in [-0.05, 0) is 38.3 Å². The topological polar surface area (TPSA) is 67.2 Å². The Labute approximate surface area is 152 Å². The molecule has 0 N–H and O–H groups in total. The molecular weight excluding hydrogens is 332 g/mol. The number of aryl methyl sites for hydroxylation is 1. The zero-order valence-corrected chi connectivity index (χ0v) is 15.3. The van der Waals surface area contributed by atoms with Crippen LogP contribution in [0.2, 0.25) is 0 Å². The number of morpholine rings is 1. The molecule has 0 spiro atoms. The molecule has 2 amide bonds.